The van der Waals surface area contributed by atoms with Gasteiger partial charge in [-0.05, 0) is 42.0 Å². The van der Waals surface area contributed by atoms with Crippen LogP contribution >= 0.6 is 0 Å². The molecule has 0 spiro atoms. The van der Waals surface area contributed by atoms with Crippen molar-refractivity contribution in [2.75, 3.05) is 12.3 Å². The highest BCUT2D eigenvalue weighted by Crippen LogP contribution is 2.32. The topological polar surface area (TPSA) is 35.2 Å². The van der Waals surface area contributed by atoms with Gasteiger partial charge in [0.25, 0.3) is 0 Å². The van der Waals surface area contributed by atoms with Crippen molar-refractivity contribution in [2.45, 2.75) is 25.4 Å². The molecule has 2 nitrogen and oxygen atoms in total. The standard InChI is InChI=1S/C18H21NO/c19-17-8-4-5-15(11-17)12-18(20-13-14-9-10-14)16-6-2-1-3-7-16/h1-8,11,14,18H,9-10,12-13,19H2. The Bertz CT molecular complexity index is 548. The van der Waals surface area contributed by atoms with Crippen LogP contribution in [0.1, 0.15) is 30.1 Å². The second kappa shape index (κ2) is 6.10. The molecule has 3 rings (SSSR count). The number of hydrogen-bond acceptors (Lipinski definition) is 2. The molecule has 104 valence electrons. The molecule has 2 heteroatoms. The second-order valence-electron chi connectivity index (χ2n) is 5.63. The quantitative estimate of drug-likeness (QED) is 0.803. The molecule has 0 amide bonds. The monoisotopic (exact) mass is 267 g/mol. The molecule has 1 aliphatic rings. The van der Waals surface area contributed by atoms with Gasteiger partial charge in [0.15, 0.2) is 0 Å². The largest absolute Gasteiger partial charge is 0.399 e. The second-order valence-corrected chi connectivity index (χ2v) is 5.63. The Kier molecular flexibility index (Phi) is 4.03. The van der Waals surface area contributed by atoms with E-state index in [1.54, 1.807) is 0 Å². The molecule has 2 N–H and O–H groups in total. The van der Waals surface area contributed by atoms with E-state index < -0.39 is 0 Å². The minimum atomic E-state index is 0.124. The smallest absolute Gasteiger partial charge is 0.0865 e. The van der Waals surface area contributed by atoms with Gasteiger partial charge in [-0.25, -0.2) is 0 Å². The molecule has 1 unspecified atom stereocenters. The summed E-state index contributed by atoms with van der Waals surface area (Å²) >= 11 is 0. The fraction of sp³-hybridized carbons (Fsp3) is 0.333. The van der Waals surface area contributed by atoms with Crippen LogP contribution in [0, 0.1) is 5.92 Å². The van der Waals surface area contributed by atoms with Crippen molar-refractivity contribution in [1.29, 1.82) is 0 Å². The van der Waals surface area contributed by atoms with Crippen molar-refractivity contribution in [2.24, 2.45) is 5.92 Å². The molecule has 2 aromatic rings. The molecule has 1 atom stereocenters. The average Bonchev–Trinajstić information content (AvgIpc) is 3.29. The minimum absolute atomic E-state index is 0.124. The van der Waals surface area contributed by atoms with Crippen molar-refractivity contribution in [3.63, 3.8) is 0 Å². The third-order valence-electron chi connectivity index (χ3n) is 3.77. The summed E-state index contributed by atoms with van der Waals surface area (Å²) in [5.41, 5.74) is 9.16. The molecule has 0 saturated heterocycles. The van der Waals surface area contributed by atoms with Crippen molar-refractivity contribution in [3.8, 4) is 0 Å². The molecule has 0 bridgehead atoms. The summed E-state index contributed by atoms with van der Waals surface area (Å²) in [6.45, 7) is 0.877. The van der Waals surface area contributed by atoms with Crippen LogP contribution in [-0.2, 0) is 11.2 Å². The SMILES string of the molecule is Nc1cccc(CC(OCC2CC2)c2ccccc2)c1. The van der Waals surface area contributed by atoms with E-state index in [1.165, 1.54) is 24.0 Å². The highest BCUT2D eigenvalue weighted by molar-refractivity contribution is 5.41. The number of rotatable bonds is 6. The van der Waals surface area contributed by atoms with Gasteiger partial charge in [0, 0.05) is 12.1 Å². The lowest BCUT2D eigenvalue weighted by molar-refractivity contribution is 0.0454. The lowest BCUT2D eigenvalue weighted by Crippen LogP contribution is -2.10. The molecule has 0 heterocycles. The Hall–Kier alpha value is -1.80. The molecular formula is C18H21NO. The zero-order valence-electron chi connectivity index (χ0n) is 11.7. The minimum Gasteiger partial charge on any atom is -0.399 e. The van der Waals surface area contributed by atoms with E-state index >= 15 is 0 Å². The maximum Gasteiger partial charge on any atom is 0.0865 e. The van der Waals surface area contributed by atoms with E-state index in [-0.39, 0.29) is 6.10 Å². The molecule has 1 aliphatic carbocycles. The summed E-state index contributed by atoms with van der Waals surface area (Å²) < 4.78 is 6.16. The van der Waals surface area contributed by atoms with Crippen molar-refractivity contribution < 1.29 is 4.74 Å². The van der Waals surface area contributed by atoms with E-state index in [4.69, 9.17) is 10.5 Å². The fourth-order valence-corrected chi connectivity index (χ4v) is 2.41. The van der Waals surface area contributed by atoms with E-state index in [1.807, 2.05) is 24.3 Å². The van der Waals surface area contributed by atoms with Crippen LogP contribution in [0.3, 0.4) is 0 Å². The van der Waals surface area contributed by atoms with Gasteiger partial charge >= 0.3 is 0 Å². The third-order valence-corrected chi connectivity index (χ3v) is 3.77. The highest BCUT2D eigenvalue weighted by atomic mass is 16.5. The first-order valence-electron chi connectivity index (χ1n) is 7.32. The maximum atomic E-state index is 6.16. The molecule has 0 aliphatic heterocycles. The Morgan fingerprint density at radius 3 is 2.55 bits per heavy atom. The summed E-state index contributed by atoms with van der Waals surface area (Å²) in [5.74, 6) is 0.780. The number of benzene rings is 2. The number of ether oxygens (including phenoxy) is 1. The van der Waals surface area contributed by atoms with Crippen LogP contribution in [-0.4, -0.2) is 6.61 Å². The summed E-state index contributed by atoms with van der Waals surface area (Å²) in [5, 5.41) is 0. The highest BCUT2D eigenvalue weighted by Gasteiger charge is 2.23. The predicted molar refractivity (Wildman–Crippen MR) is 82.4 cm³/mol. The van der Waals surface area contributed by atoms with Crippen molar-refractivity contribution >= 4 is 5.69 Å². The molecule has 20 heavy (non-hydrogen) atoms. The van der Waals surface area contributed by atoms with Gasteiger partial charge in [-0.2, -0.15) is 0 Å². The molecule has 2 aromatic carbocycles. The predicted octanol–water partition coefficient (Wildman–Crippen LogP) is 3.98. The lowest BCUT2D eigenvalue weighted by atomic mass is 10.0. The maximum absolute atomic E-state index is 6.16. The van der Waals surface area contributed by atoms with Gasteiger partial charge in [0.2, 0.25) is 0 Å². The van der Waals surface area contributed by atoms with Gasteiger partial charge < -0.3 is 10.5 Å². The van der Waals surface area contributed by atoms with Crippen molar-refractivity contribution in [3.05, 3.63) is 65.7 Å². The molecule has 1 fully saturated rings. The average molecular weight is 267 g/mol. The van der Waals surface area contributed by atoms with Gasteiger partial charge in [0.1, 0.15) is 0 Å². The zero-order valence-corrected chi connectivity index (χ0v) is 11.7. The van der Waals surface area contributed by atoms with Crippen LogP contribution in [0.5, 0.6) is 0 Å². The zero-order chi connectivity index (χ0) is 13.8. The lowest BCUT2D eigenvalue weighted by Gasteiger charge is -2.19. The molecule has 0 radical (unpaired) electrons. The number of hydrogen-bond donors (Lipinski definition) is 1. The third kappa shape index (κ3) is 3.61. The Morgan fingerprint density at radius 1 is 1.05 bits per heavy atom. The van der Waals surface area contributed by atoms with Crippen LogP contribution in [0.4, 0.5) is 5.69 Å². The fourth-order valence-electron chi connectivity index (χ4n) is 2.41. The summed E-state index contributed by atoms with van der Waals surface area (Å²) in [6, 6.07) is 18.6. The van der Waals surface area contributed by atoms with Crippen LogP contribution < -0.4 is 5.73 Å². The Balaban J connectivity index is 1.73. The normalized spacial score (nSPS) is 16.0. The Labute approximate surface area is 120 Å². The first kappa shape index (κ1) is 13.2. The van der Waals surface area contributed by atoms with Crippen LogP contribution in [0.2, 0.25) is 0 Å². The summed E-state index contributed by atoms with van der Waals surface area (Å²) in [4.78, 5) is 0. The van der Waals surface area contributed by atoms with Gasteiger partial charge in [-0.1, -0.05) is 42.5 Å². The number of anilines is 1. The van der Waals surface area contributed by atoms with E-state index in [0.717, 1.165) is 24.6 Å². The summed E-state index contributed by atoms with van der Waals surface area (Å²) in [6.07, 6.45) is 3.64. The molecule has 0 aromatic heterocycles. The summed E-state index contributed by atoms with van der Waals surface area (Å²) in [7, 11) is 0. The van der Waals surface area contributed by atoms with Gasteiger partial charge in [-0.15, -0.1) is 0 Å². The van der Waals surface area contributed by atoms with Gasteiger partial charge in [-0.3, -0.25) is 0 Å². The number of nitrogen functional groups attached to an aromatic ring is 1. The Morgan fingerprint density at radius 2 is 1.85 bits per heavy atom. The van der Waals surface area contributed by atoms with E-state index in [2.05, 4.69) is 30.3 Å². The first-order valence-corrected chi connectivity index (χ1v) is 7.32. The van der Waals surface area contributed by atoms with E-state index in [9.17, 15) is 0 Å². The van der Waals surface area contributed by atoms with E-state index in [0.29, 0.717) is 0 Å². The van der Waals surface area contributed by atoms with Gasteiger partial charge in [0.05, 0.1) is 12.7 Å². The van der Waals surface area contributed by atoms with Crippen LogP contribution in [0.15, 0.2) is 54.6 Å². The van der Waals surface area contributed by atoms with Crippen LogP contribution in [0.25, 0.3) is 0 Å². The van der Waals surface area contributed by atoms with Crippen molar-refractivity contribution in [1.82, 2.24) is 0 Å². The molecular weight excluding hydrogens is 246 g/mol. The molecule has 1 saturated carbocycles. The number of nitrogens with two attached hydrogens (primary N) is 1. The first-order chi connectivity index (χ1) is 9.81.